The minimum absolute atomic E-state index is 0.283. The van der Waals surface area contributed by atoms with Crippen molar-refractivity contribution >= 4 is 29.6 Å². The predicted octanol–water partition coefficient (Wildman–Crippen LogP) is 3.77. The molecule has 2 rings (SSSR count). The van der Waals surface area contributed by atoms with Crippen LogP contribution in [0.5, 0.6) is 0 Å². The van der Waals surface area contributed by atoms with Gasteiger partial charge in [0.15, 0.2) is 0 Å². The molecule has 42 heavy (non-hydrogen) atoms. The fourth-order valence-electron chi connectivity index (χ4n) is 5.01. The minimum atomic E-state index is -1.02. The van der Waals surface area contributed by atoms with Crippen LogP contribution in [0.3, 0.4) is 0 Å². The number of Topliss-reactive ketones (excluding diaryl/α,β-unsaturated/α-hetero) is 1. The van der Waals surface area contributed by atoms with Gasteiger partial charge in [-0.15, -0.1) is 0 Å². The third-order valence-electron chi connectivity index (χ3n) is 7.06. The van der Waals surface area contributed by atoms with Gasteiger partial charge in [-0.25, -0.2) is 4.79 Å². The van der Waals surface area contributed by atoms with Crippen molar-refractivity contribution in [2.45, 2.75) is 112 Å². The molecule has 1 unspecified atom stereocenters. The van der Waals surface area contributed by atoms with Gasteiger partial charge < -0.3 is 25.6 Å². The number of hydrogen-bond donors (Lipinski definition) is 3. The standard InChI is InChI=1S/C32H50N4O6/c1-10-14-22(24(37)27(39)33-18-17-21-15-12-11-13-16-21)34-26(38)23-19-32(8,9)20-36(23)28(40)25(30(2,3)4)35-29(41)42-31(5,6)7/h11-13,15-16,22-23,25H,10,14,17-20H2,1-9H3,(H,33,39)(H,34,38)(H,35,41)/t22?,23-,25+/m0/s1. The van der Waals surface area contributed by atoms with Crippen molar-refractivity contribution in [2.75, 3.05) is 13.1 Å². The molecule has 1 aliphatic rings. The number of rotatable bonds is 11. The van der Waals surface area contributed by atoms with Crippen molar-refractivity contribution in [1.82, 2.24) is 20.9 Å². The van der Waals surface area contributed by atoms with Crippen LogP contribution in [-0.4, -0.2) is 71.3 Å². The number of nitrogens with one attached hydrogen (secondary N) is 3. The van der Waals surface area contributed by atoms with E-state index in [-0.39, 0.29) is 11.8 Å². The maximum atomic E-state index is 13.9. The molecule has 0 bridgehead atoms. The molecule has 1 aliphatic heterocycles. The Bertz CT molecular complexity index is 1120. The lowest BCUT2D eigenvalue weighted by atomic mass is 9.85. The zero-order valence-corrected chi connectivity index (χ0v) is 26.8. The lowest BCUT2D eigenvalue weighted by molar-refractivity contribution is -0.144. The van der Waals surface area contributed by atoms with E-state index >= 15 is 0 Å². The van der Waals surface area contributed by atoms with Gasteiger partial charge in [-0.05, 0) is 56.4 Å². The fraction of sp³-hybridized carbons (Fsp3) is 0.656. The van der Waals surface area contributed by atoms with Gasteiger partial charge in [-0.3, -0.25) is 19.2 Å². The summed E-state index contributed by atoms with van der Waals surface area (Å²) in [6.45, 7) is 17.1. The van der Waals surface area contributed by atoms with Crippen LogP contribution in [0.2, 0.25) is 0 Å². The SMILES string of the molecule is CCCC(NC(=O)[C@@H]1CC(C)(C)CN1C(=O)[C@@H](NC(=O)OC(C)(C)C)C(C)(C)C)C(=O)C(=O)NCCc1ccccc1. The second-order valence-corrected chi connectivity index (χ2v) is 14.0. The van der Waals surface area contributed by atoms with E-state index in [1.54, 1.807) is 20.8 Å². The van der Waals surface area contributed by atoms with Gasteiger partial charge in [-0.1, -0.05) is 78.3 Å². The van der Waals surface area contributed by atoms with Crippen molar-refractivity contribution in [1.29, 1.82) is 0 Å². The van der Waals surface area contributed by atoms with Crippen molar-refractivity contribution in [3.63, 3.8) is 0 Å². The molecule has 0 spiro atoms. The van der Waals surface area contributed by atoms with E-state index in [1.807, 2.05) is 71.9 Å². The Morgan fingerprint density at radius 2 is 1.62 bits per heavy atom. The second kappa shape index (κ2) is 14.2. The zero-order chi connectivity index (χ0) is 31.9. The molecule has 1 saturated heterocycles. The van der Waals surface area contributed by atoms with Crippen LogP contribution in [0.1, 0.15) is 87.1 Å². The molecule has 0 saturated carbocycles. The lowest BCUT2D eigenvalue weighted by Gasteiger charge is -2.36. The van der Waals surface area contributed by atoms with Crippen LogP contribution in [-0.2, 0) is 30.3 Å². The normalized spacial score (nSPS) is 18.0. The molecular weight excluding hydrogens is 536 g/mol. The number of amides is 4. The molecule has 4 amide bonds. The van der Waals surface area contributed by atoms with E-state index < -0.39 is 58.7 Å². The summed E-state index contributed by atoms with van der Waals surface area (Å²) >= 11 is 0. The molecule has 1 aromatic carbocycles. The lowest BCUT2D eigenvalue weighted by Crippen LogP contribution is -2.59. The van der Waals surface area contributed by atoms with Gasteiger partial charge in [0.05, 0.1) is 6.04 Å². The third-order valence-corrected chi connectivity index (χ3v) is 7.06. The molecule has 234 valence electrons. The van der Waals surface area contributed by atoms with E-state index in [0.717, 1.165) is 5.56 Å². The highest BCUT2D eigenvalue weighted by Crippen LogP contribution is 2.36. The highest BCUT2D eigenvalue weighted by molar-refractivity contribution is 6.38. The summed E-state index contributed by atoms with van der Waals surface area (Å²) in [4.78, 5) is 67.5. The van der Waals surface area contributed by atoms with E-state index in [4.69, 9.17) is 4.74 Å². The highest BCUT2D eigenvalue weighted by Gasteiger charge is 2.48. The van der Waals surface area contributed by atoms with E-state index in [0.29, 0.717) is 32.4 Å². The summed E-state index contributed by atoms with van der Waals surface area (Å²) in [5.41, 5.74) is -0.778. The summed E-state index contributed by atoms with van der Waals surface area (Å²) < 4.78 is 5.40. The number of alkyl carbamates (subject to hydrolysis) is 1. The topological polar surface area (TPSA) is 134 Å². The number of likely N-dealkylation sites (tertiary alicyclic amines) is 1. The van der Waals surface area contributed by atoms with E-state index in [1.165, 1.54) is 4.90 Å². The first-order chi connectivity index (χ1) is 19.3. The van der Waals surface area contributed by atoms with Crippen LogP contribution >= 0.6 is 0 Å². The summed E-state index contributed by atoms with van der Waals surface area (Å²) in [7, 11) is 0. The Kier molecular flexibility index (Phi) is 11.7. The predicted molar refractivity (Wildman–Crippen MR) is 162 cm³/mol. The molecule has 10 nitrogen and oxygen atoms in total. The van der Waals surface area contributed by atoms with Crippen LogP contribution in [0.15, 0.2) is 30.3 Å². The molecule has 1 heterocycles. The van der Waals surface area contributed by atoms with Gasteiger partial charge in [-0.2, -0.15) is 0 Å². The number of hydrogen-bond acceptors (Lipinski definition) is 6. The molecule has 1 aromatic rings. The number of carbonyl (C=O) groups is 5. The molecule has 0 radical (unpaired) electrons. The van der Waals surface area contributed by atoms with Crippen LogP contribution < -0.4 is 16.0 Å². The summed E-state index contributed by atoms with van der Waals surface area (Å²) in [6.07, 6.45) is 1.07. The Morgan fingerprint density at radius 3 is 2.17 bits per heavy atom. The van der Waals surface area contributed by atoms with Crippen molar-refractivity contribution < 1.29 is 28.7 Å². The van der Waals surface area contributed by atoms with Gasteiger partial charge in [0.1, 0.15) is 17.7 Å². The Balaban J connectivity index is 2.17. The van der Waals surface area contributed by atoms with E-state index in [2.05, 4.69) is 16.0 Å². The van der Waals surface area contributed by atoms with E-state index in [9.17, 15) is 24.0 Å². The smallest absolute Gasteiger partial charge is 0.408 e. The first-order valence-corrected chi connectivity index (χ1v) is 14.8. The zero-order valence-electron chi connectivity index (χ0n) is 26.8. The largest absolute Gasteiger partial charge is 0.444 e. The van der Waals surface area contributed by atoms with Crippen molar-refractivity contribution in [3.8, 4) is 0 Å². The maximum absolute atomic E-state index is 13.9. The van der Waals surface area contributed by atoms with Gasteiger partial charge in [0, 0.05) is 13.1 Å². The average Bonchev–Trinajstić information content (AvgIpc) is 3.20. The Morgan fingerprint density at radius 1 is 1.00 bits per heavy atom. The number of nitrogens with zero attached hydrogens (tertiary/aromatic N) is 1. The molecular formula is C32H50N4O6. The summed E-state index contributed by atoms with van der Waals surface area (Å²) in [5.74, 6) is -2.37. The molecule has 1 fully saturated rings. The van der Waals surface area contributed by atoms with Crippen molar-refractivity contribution in [3.05, 3.63) is 35.9 Å². The summed E-state index contributed by atoms with van der Waals surface area (Å²) in [5, 5.41) is 8.14. The average molecular weight is 587 g/mol. The van der Waals surface area contributed by atoms with Gasteiger partial charge >= 0.3 is 6.09 Å². The van der Waals surface area contributed by atoms with Gasteiger partial charge in [0.2, 0.25) is 17.6 Å². The Hall–Kier alpha value is -3.43. The van der Waals surface area contributed by atoms with Crippen LogP contribution in [0.4, 0.5) is 4.79 Å². The quantitative estimate of drug-likeness (QED) is 0.338. The number of carbonyl (C=O) groups excluding carboxylic acids is 5. The molecule has 0 aromatic heterocycles. The molecule has 3 N–H and O–H groups in total. The van der Waals surface area contributed by atoms with Gasteiger partial charge in [0.25, 0.3) is 5.91 Å². The molecule has 3 atom stereocenters. The first kappa shape index (κ1) is 34.8. The van der Waals surface area contributed by atoms with Crippen molar-refractivity contribution in [2.24, 2.45) is 10.8 Å². The third kappa shape index (κ3) is 10.4. The maximum Gasteiger partial charge on any atom is 0.408 e. The monoisotopic (exact) mass is 586 g/mol. The Labute approximate surface area is 250 Å². The minimum Gasteiger partial charge on any atom is -0.444 e. The molecule has 10 heteroatoms. The first-order valence-electron chi connectivity index (χ1n) is 14.8. The number of benzene rings is 1. The van der Waals surface area contributed by atoms with Crippen LogP contribution in [0.25, 0.3) is 0 Å². The second-order valence-electron chi connectivity index (χ2n) is 14.0. The molecule has 0 aliphatic carbocycles. The highest BCUT2D eigenvalue weighted by atomic mass is 16.6. The van der Waals surface area contributed by atoms with Crippen LogP contribution in [0, 0.1) is 10.8 Å². The number of ether oxygens (including phenoxy) is 1. The fourth-order valence-corrected chi connectivity index (χ4v) is 5.01. The summed E-state index contributed by atoms with van der Waals surface area (Å²) in [6, 6.07) is 6.76. The number of ketones is 1.